The summed E-state index contributed by atoms with van der Waals surface area (Å²) in [6, 6.07) is 6.78. The summed E-state index contributed by atoms with van der Waals surface area (Å²) in [6.45, 7) is 1.40. The molecule has 1 N–H and O–H groups in total. The van der Waals surface area contributed by atoms with Gasteiger partial charge in [-0.15, -0.1) is 0 Å². The maximum atomic E-state index is 11.7. The largest absolute Gasteiger partial charge is 0.381 e. The van der Waals surface area contributed by atoms with Gasteiger partial charge in [0.05, 0.1) is 11.5 Å². The third-order valence-corrected chi connectivity index (χ3v) is 5.34. The smallest absolute Gasteiger partial charge is 0.240 e. The van der Waals surface area contributed by atoms with Gasteiger partial charge < -0.3 is 9.26 Å². The summed E-state index contributed by atoms with van der Waals surface area (Å²) < 4.78 is 36.2. The van der Waals surface area contributed by atoms with Gasteiger partial charge in [0.25, 0.3) is 0 Å². The van der Waals surface area contributed by atoms with Crippen molar-refractivity contribution in [3.8, 4) is 0 Å². The lowest BCUT2D eigenvalue weighted by Crippen LogP contribution is -2.18. The van der Waals surface area contributed by atoms with Crippen LogP contribution in [0.25, 0.3) is 0 Å². The van der Waals surface area contributed by atoms with E-state index in [0.717, 1.165) is 18.6 Å². The molecule has 1 aliphatic heterocycles. The van der Waals surface area contributed by atoms with Gasteiger partial charge in [0.15, 0.2) is 5.82 Å². The van der Waals surface area contributed by atoms with Crippen LogP contribution >= 0.6 is 0 Å². The molecule has 124 valence electrons. The number of benzene rings is 1. The molecule has 1 aromatic heterocycles. The number of rotatable bonds is 6. The highest BCUT2D eigenvalue weighted by molar-refractivity contribution is 7.89. The van der Waals surface area contributed by atoms with E-state index in [9.17, 15) is 8.42 Å². The van der Waals surface area contributed by atoms with Crippen LogP contribution in [0.3, 0.4) is 0 Å². The lowest BCUT2D eigenvalue weighted by Gasteiger charge is -2.03. The van der Waals surface area contributed by atoms with E-state index in [-0.39, 0.29) is 10.8 Å². The molecular formula is C15H19N3O4S. The van der Waals surface area contributed by atoms with E-state index in [4.69, 9.17) is 9.26 Å². The standard InChI is InChI=1S/C15H19N3O4S/c1-16-23(19,20)13-5-2-11(3-6-13)4-7-14-17-15(18-22-14)12-8-9-21-10-12/h2-3,5-6,12,16H,4,7-10H2,1H3/t12-/m0/s1. The highest BCUT2D eigenvalue weighted by atomic mass is 32.2. The average molecular weight is 337 g/mol. The molecule has 1 aromatic carbocycles. The predicted octanol–water partition coefficient (Wildman–Crippen LogP) is 1.27. The normalized spacial score (nSPS) is 18.4. The Balaban J connectivity index is 1.60. The molecule has 0 saturated carbocycles. The molecule has 1 fully saturated rings. The molecule has 3 rings (SSSR count). The van der Waals surface area contributed by atoms with E-state index in [1.165, 1.54) is 7.05 Å². The highest BCUT2D eigenvalue weighted by Crippen LogP contribution is 2.22. The Labute approximate surface area is 135 Å². The van der Waals surface area contributed by atoms with Crippen LogP contribution < -0.4 is 4.72 Å². The Hall–Kier alpha value is -1.77. The minimum absolute atomic E-state index is 0.235. The van der Waals surface area contributed by atoms with Crippen LogP contribution in [-0.4, -0.2) is 38.8 Å². The van der Waals surface area contributed by atoms with Crippen molar-refractivity contribution >= 4 is 10.0 Å². The first-order valence-electron chi connectivity index (χ1n) is 7.51. The zero-order valence-electron chi connectivity index (χ0n) is 12.9. The molecule has 1 saturated heterocycles. The first-order valence-corrected chi connectivity index (χ1v) is 8.99. The van der Waals surface area contributed by atoms with Gasteiger partial charge in [0.1, 0.15) is 0 Å². The van der Waals surface area contributed by atoms with Gasteiger partial charge in [-0.3, -0.25) is 0 Å². The Morgan fingerprint density at radius 1 is 1.26 bits per heavy atom. The van der Waals surface area contributed by atoms with Crippen LogP contribution in [0.2, 0.25) is 0 Å². The Morgan fingerprint density at radius 2 is 2.04 bits per heavy atom. The molecule has 0 amide bonds. The molecule has 0 aliphatic carbocycles. The van der Waals surface area contributed by atoms with Crippen molar-refractivity contribution in [1.29, 1.82) is 0 Å². The summed E-state index contributed by atoms with van der Waals surface area (Å²) in [4.78, 5) is 4.67. The van der Waals surface area contributed by atoms with Crippen molar-refractivity contribution < 1.29 is 17.7 Å². The second-order valence-corrected chi connectivity index (χ2v) is 7.34. The second kappa shape index (κ2) is 6.77. The van der Waals surface area contributed by atoms with E-state index >= 15 is 0 Å². The second-order valence-electron chi connectivity index (χ2n) is 5.46. The maximum absolute atomic E-state index is 11.7. The van der Waals surface area contributed by atoms with E-state index in [1.807, 2.05) is 0 Å². The van der Waals surface area contributed by atoms with E-state index in [0.29, 0.717) is 31.2 Å². The van der Waals surface area contributed by atoms with Crippen molar-refractivity contribution in [2.24, 2.45) is 0 Å². The Kier molecular flexibility index (Phi) is 4.74. The minimum Gasteiger partial charge on any atom is -0.381 e. The van der Waals surface area contributed by atoms with Gasteiger partial charge in [-0.2, -0.15) is 4.98 Å². The number of ether oxygens (including phenoxy) is 1. The molecule has 7 nitrogen and oxygen atoms in total. The molecular weight excluding hydrogens is 318 g/mol. The minimum atomic E-state index is -3.39. The van der Waals surface area contributed by atoms with Crippen LogP contribution in [-0.2, 0) is 27.6 Å². The van der Waals surface area contributed by atoms with Crippen molar-refractivity contribution in [2.45, 2.75) is 30.1 Å². The quantitative estimate of drug-likeness (QED) is 0.853. The number of hydrogen-bond donors (Lipinski definition) is 1. The molecule has 2 heterocycles. The molecule has 23 heavy (non-hydrogen) atoms. The summed E-state index contributed by atoms with van der Waals surface area (Å²) in [7, 11) is -2.00. The van der Waals surface area contributed by atoms with Gasteiger partial charge in [0.2, 0.25) is 15.9 Å². The zero-order chi connectivity index (χ0) is 16.3. The van der Waals surface area contributed by atoms with Crippen LogP contribution in [0, 0.1) is 0 Å². The third-order valence-electron chi connectivity index (χ3n) is 3.91. The highest BCUT2D eigenvalue weighted by Gasteiger charge is 2.23. The van der Waals surface area contributed by atoms with Crippen LogP contribution in [0.1, 0.15) is 29.6 Å². The first kappa shape index (κ1) is 16.1. The van der Waals surface area contributed by atoms with Crippen molar-refractivity contribution in [3.63, 3.8) is 0 Å². The zero-order valence-corrected chi connectivity index (χ0v) is 13.7. The van der Waals surface area contributed by atoms with Crippen molar-refractivity contribution in [2.75, 3.05) is 20.3 Å². The lowest BCUT2D eigenvalue weighted by atomic mass is 10.1. The maximum Gasteiger partial charge on any atom is 0.240 e. The SMILES string of the molecule is CNS(=O)(=O)c1ccc(CCc2nc([C@H]3CCOC3)no2)cc1. The third kappa shape index (κ3) is 3.77. The number of nitrogens with zero attached hydrogens (tertiary/aromatic N) is 2. The van der Waals surface area contributed by atoms with Crippen LogP contribution in [0.5, 0.6) is 0 Å². The van der Waals surface area contributed by atoms with Gasteiger partial charge in [-0.1, -0.05) is 17.3 Å². The van der Waals surface area contributed by atoms with Gasteiger partial charge in [-0.25, -0.2) is 13.1 Å². The van der Waals surface area contributed by atoms with E-state index in [2.05, 4.69) is 14.9 Å². The first-order chi connectivity index (χ1) is 11.1. The van der Waals surface area contributed by atoms with Crippen LogP contribution in [0.15, 0.2) is 33.7 Å². The van der Waals surface area contributed by atoms with Gasteiger partial charge in [-0.05, 0) is 37.6 Å². The topological polar surface area (TPSA) is 94.3 Å². The van der Waals surface area contributed by atoms with Gasteiger partial charge in [0, 0.05) is 18.9 Å². The molecule has 0 radical (unpaired) electrons. The summed E-state index contributed by atoms with van der Waals surface area (Å²) >= 11 is 0. The fourth-order valence-corrected chi connectivity index (χ4v) is 3.21. The van der Waals surface area contributed by atoms with E-state index < -0.39 is 10.0 Å². The molecule has 0 unspecified atom stereocenters. The number of aryl methyl sites for hydroxylation is 2. The van der Waals surface area contributed by atoms with E-state index in [1.54, 1.807) is 24.3 Å². The number of aromatic nitrogens is 2. The fraction of sp³-hybridized carbons (Fsp3) is 0.467. The summed E-state index contributed by atoms with van der Waals surface area (Å²) in [5, 5.41) is 4.01. The molecule has 8 heteroatoms. The Morgan fingerprint density at radius 3 is 2.70 bits per heavy atom. The van der Waals surface area contributed by atoms with Crippen molar-refractivity contribution in [1.82, 2.24) is 14.9 Å². The number of nitrogens with one attached hydrogen (secondary N) is 1. The fourth-order valence-electron chi connectivity index (χ4n) is 2.48. The number of sulfonamides is 1. The summed E-state index contributed by atoms with van der Waals surface area (Å²) in [6.07, 6.45) is 2.27. The molecule has 2 aromatic rings. The lowest BCUT2D eigenvalue weighted by molar-refractivity contribution is 0.192. The molecule has 1 atom stereocenters. The predicted molar refractivity (Wildman–Crippen MR) is 82.6 cm³/mol. The Bertz CT molecular complexity index is 749. The van der Waals surface area contributed by atoms with Crippen molar-refractivity contribution in [3.05, 3.63) is 41.5 Å². The average Bonchev–Trinajstić information content (AvgIpc) is 3.24. The summed E-state index contributed by atoms with van der Waals surface area (Å²) in [5.74, 6) is 1.55. The molecule has 0 spiro atoms. The van der Waals surface area contributed by atoms with Crippen LogP contribution in [0.4, 0.5) is 0 Å². The summed E-state index contributed by atoms with van der Waals surface area (Å²) in [5.41, 5.74) is 1.02. The van der Waals surface area contributed by atoms with Gasteiger partial charge >= 0.3 is 0 Å². The molecule has 1 aliphatic rings. The number of hydrogen-bond acceptors (Lipinski definition) is 6. The molecule has 0 bridgehead atoms. The monoisotopic (exact) mass is 337 g/mol.